The Labute approximate surface area is 171 Å². The maximum atomic E-state index is 12.6. The van der Waals surface area contributed by atoms with Crippen molar-refractivity contribution in [2.45, 2.75) is 11.7 Å². The van der Waals surface area contributed by atoms with Gasteiger partial charge in [0.2, 0.25) is 17.7 Å². The molecular formula is C18H14Br2N2O3S. The Hall–Kier alpha value is -1.64. The molecule has 1 aliphatic rings. The minimum absolute atomic E-state index is 0.0988. The van der Waals surface area contributed by atoms with E-state index in [0.29, 0.717) is 11.4 Å². The van der Waals surface area contributed by atoms with Gasteiger partial charge in [0.1, 0.15) is 0 Å². The lowest BCUT2D eigenvalue weighted by Gasteiger charge is -2.15. The van der Waals surface area contributed by atoms with Crippen LogP contribution in [0.15, 0.2) is 57.5 Å². The first kappa shape index (κ1) is 19.1. The van der Waals surface area contributed by atoms with Crippen molar-refractivity contribution in [2.75, 3.05) is 16.0 Å². The van der Waals surface area contributed by atoms with Gasteiger partial charge in [-0.05, 0) is 42.5 Å². The molecule has 0 unspecified atom stereocenters. The van der Waals surface area contributed by atoms with Gasteiger partial charge in [-0.2, -0.15) is 0 Å². The van der Waals surface area contributed by atoms with E-state index in [-0.39, 0.29) is 29.9 Å². The smallest absolute Gasteiger partial charge is 0.247 e. The first-order valence-corrected chi connectivity index (χ1v) is 10.4. The van der Waals surface area contributed by atoms with Gasteiger partial charge in [-0.25, -0.2) is 4.90 Å². The minimum Gasteiger partial charge on any atom is -0.325 e. The number of hydrogen-bond donors (Lipinski definition) is 1. The second-order valence-electron chi connectivity index (χ2n) is 5.61. The maximum Gasteiger partial charge on any atom is 0.247 e. The van der Waals surface area contributed by atoms with Gasteiger partial charge in [0, 0.05) is 21.1 Å². The summed E-state index contributed by atoms with van der Waals surface area (Å²) in [6.07, 6.45) is 0.0988. The molecule has 8 heteroatoms. The van der Waals surface area contributed by atoms with Crippen LogP contribution < -0.4 is 10.2 Å². The highest BCUT2D eigenvalue weighted by Gasteiger charge is 2.40. The quantitative estimate of drug-likeness (QED) is 0.628. The molecule has 0 spiro atoms. The lowest BCUT2D eigenvalue weighted by atomic mass is 10.3. The summed E-state index contributed by atoms with van der Waals surface area (Å²) in [7, 11) is 0. The molecule has 5 nitrogen and oxygen atoms in total. The molecule has 3 amide bonds. The molecule has 0 aromatic heterocycles. The van der Waals surface area contributed by atoms with Gasteiger partial charge in [-0.1, -0.05) is 37.9 Å². The molecule has 2 aromatic rings. The van der Waals surface area contributed by atoms with Crippen LogP contribution in [0, 0.1) is 0 Å². The number of benzene rings is 2. The number of thioether (sulfide) groups is 1. The Kier molecular flexibility index (Phi) is 6.16. The number of carbonyl (C=O) groups is 3. The molecule has 3 rings (SSSR count). The SMILES string of the molecule is O=C(CS[C@@H]1CC(=O)N(c2cccc(Br)c2)C1=O)Nc1ccc(Br)cc1. The maximum absolute atomic E-state index is 12.6. The average Bonchev–Trinajstić information content (AvgIpc) is 2.89. The molecule has 1 aliphatic heterocycles. The van der Waals surface area contributed by atoms with Crippen molar-refractivity contribution in [3.05, 3.63) is 57.5 Å². The van der Waals surface area contributed by atoms with Gasteiger partial charge in [-0.3, -0.25) is 14.4 Å². The number of hydrogen-bond acceptors (Lipinski definition) is 4. The number of nitrogens with one attached hydrogen (secondary N) is 1. The summed E-state index contributed by atoms with van der Waals surface area (Å²) in [5, 5.41) is 2.23. The third-order valence-electron chi connectivity index (χ3n) is 3.72. The summed E-state index contributed by atoms with van der Waals surface area (Å²) in [6, 6.07) is 14.3. The Morgan fingerprint density at radius 3 is 2.54 bits per heavy atom. The Balaban J connectivity index is 1.59. The number of rotatable bonds is 5. The number of halogens is 2. The molecule has 0 saturated carbocycles. The van der Waals surface area contributed by atoms with E-state index in [1.165, 1.54) is 16.7 Å². The summed E-state index contributed by atoms with van der Waals surface area (Å²) in [6.45, 7) is 0. The Morgan fingerprint density at radius 2 is 1.85 bits per heavy atom. The monoisotopic (exact) mass is 496 g/mol. The summed E-state index contributed by atoms with van der Waals surface area (Å²) >= 11 is 7.86. The molecule has 134 valence electrons. The lowest BCUT2D eigenvalue weighted by molar-refractivity contribution is -0.121. The fourth-order valence-corrected chi connectivity index (χ4v) is 4.11. The molecule has 1 fully saturated rings. The van der Waals surface area contributed by atoms with E-state index in [4.69, 9.17) is 0 Å². The van der Waals surface area contributed by atoms with Crippen LogP contribution in [-0.4, -0.2) is 28.7 Å². The zero-order chi connectivity index (χ0) is 18.7. The van der Waals surface area contributed by atoms with Gasteiger partial charge in [0.15, 0.2) is 0 Å². The zero-order valence-corrected chi connectivity index (χ0v) is 17.4. The number of imide groups is 1. The van der Waals surface area contributed by atoms with E-state index in [1.807, 2.05) is 18.2 Å². The normalized spacial score (nSPS) is 16.8. The first-order valence-electron chi connectivity index (χ1n) is 7.73. The number of amides is 3. The van der Waals surface area contributed by atoms with E-state index >= 15 is 0 Å². The van der Waals surface area contributed by atoms with Crippen LogP contribution >= 0.6 is 43.6 Å². The molecular weight excluding hydrogens is 484 g/mol. The zero-order valence-electron chi connectivity index (χ0n) is 13.4. The lowest BCUT2D eigenvalue weighted by Crippen LogP contribution is -2.31. The Morgan fingerprint density at radius 1 is 1.12 bits per heavy atom. The summed E-state index contributed by atoms with van der Waals surface area (Å²) in [4.78, 5) is 38.1. The first-order chi connectivity index (χ1) is 12.4. The molecule has 0 aliphatic carbocycles. The predicted octanol–water partition coefficient (Wildman–Crippen LogP) is 4.22. The van der Waals surface area contributed by atoms with Crippen molar-refractivity contribution in [1.82, 2.24) is 0 Å². The van der Waals surface area contributed by atoms with Crippen LogP contribution in [0.25, 0.3) is 0 Å². The molecule has 1 atom stereocenters. The van der Waals surface area contributed by atoms with Crippen LogP contribution in [0.5, 0.6) is 0 Å². The van der Waals surface area contributed by atoms with Crippen molar-refractivity contribution in [3.63, 3.8) is 0 Å². The fourth-order valence-electron chi connectivity index (χ4n) is 2.53. The van der Waals surface area contributed by atoms with Crippen LogP contribution in [0.4, 0.5) is 11.4 Å². The standard InChI is InChI=1S/C18H14Br2N2O3S/c19-11-4-6-13(7-5-11)21-16(23)10-26-15-9-17(24)22(18(15)25)14-3-1-2-12(20)8-14/h1-8,15H,9-10H2,(H,21,23)/t15-/m1/s1. The van der Waals surface area contributed by atoms with Gasteiger partial charge >= 0.3 is 0 Å². The second kappa shape index (κ2) is 8.37. The van der Waals surface area contributed by atoms with Gasteiger partial charge < -0.3 is 5.32 Å². The molecule has 1 N–H and O–H groups in total. The van der Waals surface area contributed by atoms with E-state index < -0.39 is 5.25 Å². The third-order valence-corrected chi connectivity index (χ3v) is 5.94. The minimum atomic E-state index is -0.544. The van der Waals surface area contributed by atoms with E-state index in [1.54, 1.807) is 30.3 Å². The van der Waals surface area contributed by atoms with Gasteiger partial charge in [-0.15, -0.1) is 11.8 Å². The van der Waals surface area contributed by atoms with Crippen molar-refractivity contribution in [1.29, 1.82) is 0 Å². The Bertz CT molecular complexity index is 858. The molecule has 2 aromatic carbocycles. The van der Waals surface area contributed by atoms with Gasteiger partial charge in [0.05, 0.1) is 16.7 Å². The van der Waals surface area contributed by atoms with Crippen LogP contribution in [0.1, 0.15) is 6.42 Å². The number of anilines is 2. The topological polar surface area (TPSA) is 66.5 Å². The highest BCUT2D eigenvalue weighted by atomic mass is 79.9. The number of carbonyl (C=O) groups excluding carboxylic acids is 3. The van der Waals surface area contributed by atoms with Crippen LogP contribution in [-0.2, 0) is 14.4 Å². The van der Waals surface area contributed by atoms with E-state index in [0.717, 1.165) is 8.95 Å². The fraction of sp³-hybridized carbons (Fsp3) is 0.167. The largest absolute Gasteiger partial charge is 0.325 e. The van der Waals surface area contributed by atoms with Crippen LogP contribution in [0.3, 0.4) is 0 Å². The van der Waals surface area contributed by atoms with E-state index in [2.05, 4.69) is 37.2 Å². The highest BCUT2D eigenvalue weighted by molar-refractivity contribution is 9.10. The van der Waals surface area contributed by atoms with E-state index in [9.17, 15) is 14.4 Å². The van der Waals surface area contributed by atoms with Crippen LogP contribution in [0.2, 0.25) is 0 Å². The van der Waals surface area contributed by atoms with Crippen molar-refractivity contribution in [3.8, 4) is 0 Å². The van der Waals surface area contributed by atoms with Crippen molar-refractivity contribution in [2.24, 2.45) is 0 Å². The summed E-state index contributed by atoms with van der Waals surface area (Å²) in [5.41, 5.74) is 1.22. The highest BCUT2D eigenvalue weighted by Crippen LogP contribution is 2.31. The molecule has 0 bridgehead atoms. The number of nitrogens with zero attached hydrogens (tertiary/aromatic N) is 1. The van der Waals surface area contributed by atoms with Gasteiger partial charge in [0.25, 0.3) is 0 Å². The molecule has 1 heterocycles. The summed E-state index contributed by atoms with van der Waals surface area (Å²) in [5.74, 6) is -0.640. The second-order valence-corrected chi connectivity index (χ2v) is 8.63. The predicted molar refractivity (Wildman–Crippen MR) is 110 cm³/mol. The van der Waals surface area contributed by atoms with Crippen molar-refractivity contribution < 1.29 is 14.4 Å². The molecule has 0 radical (unpaired) electrons. The average molecular weight is 498 g/mol. The molecule has 26 heavy (non-hydrogen) atoms. The summed E-state index contributed by atoms with van der Waals surface area (Å²) < 4.78 is 1.72. The third kappa shape index (κ3) is 4.55. The molecule has 1 saturated heterocycles. The van der Waals surface area contributed by atoms with Crippen molar-refractivity contribution >= 4 is 72.7 Å².